The normalized spacial score (nSPS) is 14.0. The van der Waals surface area contributed by atoms with E-state index in [0.717, 1.165) is 33.7 Å². The van der Waals surface area contributed by atoms with Crippen molar-refractivity contribution in [1.82, 2.24) is 20.2 Å². The largest absolute Gasteiger partial charge is 0.324 e. The quantitative estimate of drug-likeness (QED) is 0.398. The predicted octanol–water partition coefficient (Wildman–Crippen LogP) is 4.26. The Morgan fingerprint density at radius 2 is 1.81 bits per heavy atom. The first-order chi connectivity index (χ1) is 14.9. The first-order valence-electron chi connectivity index (χ1n) is 10.1. The summed E-state index contributed by atoms with van der Waals surface area (Å²) in [5.41, 5.74) is 3.46. The third-order valence-electron chi connectivity index (χ3n) is 5.10. The molecule has 1 fully saturated rings. The molecule has 158 valence electrons. The second-order valence-corrected chi connectivity index (χ2v) is 10.1. The molecule has 0 spiro atoms. The van der Waals surface area contributed by atoms with E-state index < -0.39 is 9.84 Å². The second-order valence-electron chi connectivity index (χ2n) is 7.91. The molecular weight excluding hydrogens is 412 g/mol. The summed E-state index contributed by atoms with van der Waals surface area (Å²) < 4.78 is 23.0. The lowest BCUT2D eigenvalue weighted by atomic mass is 10.2. The number of H-pyrrole nitrogens is 1. The van der Waals surface area contributed by atoms with Crippen LogP contribution in [0.25, 0.3) is 10.9 Å². The van der Waals surface area contributed by atoms with Crippen molar-refractivity contribution < 1.29 is 8.42 Å². The topological polar surface area (TPSA) is 113 Å². The summed E-state index contributed by atoms with van der Waals surface area (Å²) in [6.45, 7) is 0. The van der Waals surface area contributed by atoms with E-state index in [1.54, 1.807) is 12.1 Å². The minimum atomic E-state index is -3.07. The Kier molecular flexibility index (Phi) is 4.82. The molecule has 2 aromatic heterocycles. The van der Waals surface area contributed by atoms with E-state index >= 15 is 0 Å². The van der Waals surface area contributed by atoms with Gasteiger partial charge in [0.05, 0.1) is 11.3 Å². The van der Waals surface area contributed by atoms with Crippen molar-refractivity contribution in [2.45, 2.75) is 24.5 Å². The molecule has 0 atom stereocenters. The van der Waals surface area contributed by atoms with Crippen molar-refractivity contribution in [2.75, 3.05) is 16.9 Å². The van der Waals surface area contributed by atoms with Crippen molar-refractivity contribution >= 4 is 44.0 Å². The first-order valence-corrected chi connectivity index (χ1v) is 12.1. The molecule has 5 rings (SSSR count). The Morgan fingerprint density at radius 3 is 2.55 bits per heavy atom. The van der Waals surface area contributed by atoms with E-state index in [0.29, 0.717) is 17.7 Å². The van der Waals surface area contributed by atoms with Crippen LogP contribution in [0.4, 0.5) is 23.3 Å². The van der Waals surface area contributed by atoms with Crippen molar-refractivity contribution in [2.24, 2.45) is 0 Å². The highest BCUT2D eigenvalue weighted by molar-refractivity contribution is 7.89. The molecule has 1 saturated carbocycles. The lowest BCUT2D eigenvalue weighted by Gasteiger charge is -2.11. The molecule has 2 aromatic carbocycles. The highest BCUT2D eigenvalue weighted by Gasteiger charge is 2.25. The molecule has 31 heavy (non-hydrogen) atoms. The number of anilines is 4. The van der Waals surface area contributed by atoms with Crippen LogP contribution in [0, 0.1) is 0 Å². The molecule has 1 aliphatic carbocycles. The number of rotatable bonds is 7. The van der Waals surface area contributed by atoms with E-state index in [1.807, 2.05) is 42.5 Å². The fraction of sp³-hybridized carbons (Fsp3) is 0.227. The molecule has 9 heteroatoms. The number of aromatic amines is 1. The van der Waals surface area contributed by atoms with E-state index in [9.17, 15) is 8.42 Å². The smallest absolute Gasteiger partial charge is 0.229 e. The van der Waals surface area contributed by atoms with Crippen LogP contribution in [0.3, 0.4) is 0 Å². The molecule has 1 aliphatic rings. The van der Waals surface area contributed by atoms with Crippen molar-refractivity contribution in [3.8, 4) is 0 Å². The number of benzene rings is 2. The van der Waals surface area contributed by atoms with Gasteiger partial charge in [0.2, 0.25) is 5.95 Å². The Hall–Kier alpha value is -3.46. The Bertz CT molecular complexity index is 1340. The van der Waals surface area contributed by atoms with Gasteiger partial charge in [0, 0.05) is 35.0 Å². The summed E-state index contributed by atoms with van der Waals surface area (Å²) in [5, 5.41) is 14.9. The fourth-order valence-electron chi connectivity index (χ4n) is 3.47. The summed E-state index contributed by atoms with van der Waals surface area (Å²) in [6, 6.07) is 17.0. The fourth-order valence-corrected chi connectivity index (χ4v) is 4.27. The summed E-state index contributed by atoms with van der Waals surface area (Å²) in [7, 11) is -3.07. The van der Waals surface area contributed by atoms with Gasteiger partial charge in [-0.25, -0.2) is 13.4 Å². The van der Waals surface area contributed by atoms with Gasteiger partial charge in [0.25, 0.3) is 0 Å². The number of aromatic nitrogens is 4. The molecule has 3 N–H and O–H groups in total. The van der Waals surface area contributed by atoms with Crippen molar-refractivity contribution in [3.63, 3.8) is 0 Å². The van der Waals surface area contributed by atoms with Gasteiger partial charge in [0.1, 0.15) is 5.82 Å². The molecule has 0 saturated heterocycles. The second kappa shape index (κ2) is 7.66. The van der Waals surface area contributed by atoms with E-state index in [-0.39, 0.29) is 5.75 Å². The summed E-state index contributed by atoms with van der Waals surface area (Å²) in [6.07, 6.45) is 3.63. The predicted molar refractivity (Wildman–Crippen MR) is 122 cm³/mol. The van der Waals surface area contributed by atoms with Crippen molar-refractivity contribution in [3.05, 3.63) is 65.9 Å². The minimum Gasteiger partial charge on any atom is -0.324 e. The summed E-state index contributed by atoms with van der Waals surface area (Å²) in [4.78, 5) is 9.27. The number of hydrogen-bond acceptors (Lipinski definition) is 7. The Morgan fingerprint density at radius 1 is 1.03 bits per heavy atom. The zero-order valence-corrected chi connectivity index (χ0v) is 17.8. The van der Waals surface area contributed by atoms with Gasteiger partial charge in [0.15, 0.2) is 15.7 Å². The van der Waals surface area contributed by atoms with Gasteiger partial charge in [-0.15, -0.1) is 0 Å². The summed E-state index contributed by atoms with van der Waals surface area (Å²) in [5.74, 6) is 2.43. The average molecular weight is 435 g/mol. The molecule has 0 radical (unpaired) electrons. The van der Waals surface area contributed by atoms with Crippen LogP contribution in [0.2, 0.25) is 0 Å². The zero-order valence-electron chi connectivity index (χ0n) is 17.0. The lowest BCUT2D eigenvalue weighted by Crippen LogP contribution is -2.03. The molecular formula is C22H22N6O2S. The lowest BCUT2D eigenvalue weighted by molar-refractivity contribution is 0.601. The number of nitrogens with zero attached hydrogens (tertiary/aromatic N) is 3. The molecule has 0 amide bonds. The van der Waals surface area contributed by atoms with Crippen LogP contribution in [-0.4, -0.2) is 34.8 Å². The van der Waals surface area contributed by atoms with E-state index in [1.165, 1.54) is 19.1 Å². The maximum Gasteiger partial charge on any atom is 0.229 e. The third-order valence-corrected chi connectivity index (χ3v) is 5.96. The van der Waals surface area contributed by atoms with Crippen LogP contribution in [0.15, 0.2) is 54.6 Å². The number of fused-ring (bicyclic) bond motifs is 1. The third kappa shape index (κ3) is 4.66. The van der Waals surface area contributed by atoms with Crippen LogP contribution < -0.4 is 10.6 Å². The minimum absolute atomic E-state index is 0.0142. The van der Waals surface area contributed by atoms with Crippen LogP contribution in [0.5, 0.6) is 0 Å². The molecule has 0 aliphatic heterocycles. The molecule has 0 unspecified atom stereocenters. The SMILES string of the molecule is CS(=O)(=O)Cc1ccc(Nc2nc(Nc3cc(C4CC4)[nH]n3)c3ccccc3n2)cc1. The highest BCUT2D eigenvalue weighted by atomic mass is 32.2. The monoisotopic (exact) mass is 434 g/mol. The number of para-hydroxylation sites is 1. The van der Waals surface area contributed by atoms with E-state index in [2.05, 4.69) is 30.8 Å². The number of nitrogens with one attached hydrogen (secondary N) is 3. The zero-order chi connectivity index (χ0) is 21.4. The van der Waals surface area contributed by atoms with Crippen LogP contribution >= 0.6 is 0 Å². The van der Waals surface area contributed by atoms with Gasteiger partial charge >= 0.3 is 0 Å². The first kappa shape index (κ1) is 19.5. The Labute approximate surface area is 180 Å². The number of hydrogen-bond donors (Lipinski definition) is 3. The molecule has 2 heterocycles. The Balaban J connectivity index is 1.42. The van der Waals surface area contributed by atoms with Gasteiger partial charge in [-0.1, -0.05) is 24.3 Å². The molecule has 8 nitrogen and oxygen atoms in total. The number of sulfone groups is 1. The van der Waals surface area contributed by atoms with Gasteiger partial charge in [-0.2, -0.15) is 10.1 Å². The van der Waals surface area contributed by atoms with Gasteiger partial charge < -0.3 is 10.6 Å². The summed E-state index contributed by atoms with van der Waals surface area (Å²) >= 11 is 0. The average Bonchev–Trinajstić information content (AvgIpc) is 3.48. The van der Waals surface area contributed by atoms with Crippen molar-refractivity contribution in [1.29, 1.82) is 0 Å². The van der Waals surface area contributed by atoms with Gasteiger partial charge in [-0.05, 0) is 42.7 Å². The highest BCUT2D eigenvalue weighted by Crippen LogP contribution is 2.39. The maximum absolute atomic E-state index is 11.5. The van der Waals surface area contributed by atoms with Crippen LogP contribution in [0.1, 0.15) is 30.0 Å². The molecule has 4 aromatic rings. The molecule has 0 bridgehead atoms. The van der Waals surface area contributed by atoms with Gasteiger partial charge in [-0.3, -0.25) is 5.10 Å². The maximum atomic E-state index is 11.5. The van der Waals surface area contributed by atoms with Crippen LogP contribution in [-0.2, 0) is 15.6 Å². The van der Waals surface area contributed by atoms with E-state index in [4.69, 9.17) is 0 Å². The standard InChI is InChI=1S/C22H22N6O2S/c1-31(29,30)13-14-6-10-16(11-7-14)23-22-24-18-5-3-2-4-17(18)21(26-22)25-20-12-19(27-28-20)15-8-9-15/h2-7,10-12,15H,8-9,13H2,1H3,(H3,23,24,25,26,27,28).